The van der Waals surface area contributed by atoms with Crippen LogP contribution >= 0.6 is 12.2 Å². The topological polar surface area (TPSA) is 66.9 Å². The first-order valence-corrected chi connectivity index (χ1v) is 8.35. The fourth-order valence-corrected chi connectivity index (χ4v) is 2.96. The third-order valence-electron chi connectivity index (χ3n) is 4.30. The molecule has 0 fully saturated rings. The van der Waals surface area contributed by atoms with Crippen molar-refractivity contribution in [2.24, 2.45) is 7.05 Å². The van der Waals surface area contributed by atoms with Crippen LogP contribution in [0.3, 0.4) is 0 Å². The van der Waals surface area contributed by atoms with Crippen molar-refractivity contribution in [2.75, 3.05) is 0 Å². The van der Waals surface area contributed by atoms with Gasteiger partial charge in [-0.2, -0.15) is 0 Å². The lowest BCUT2D eigenvalue weighted by atomic mass is 10.1. The fourth-order valence-electron chi connectivity index (χ4n) is 2.77. The van der Waals surface area contributed by atoms with Crippen molar-refractivity contribution in [3.8, 4) is 0 Å². The molecule has 0 saturated carbocycles. The molecule has 128 valence electrons. The molecule has 0 saturated heterocycles. The lowest BCUT2D eigenvalue weighted by molar-refractivity contribution is 0.0951. The second-order valence-electron chi connectivity index (χ2n) is 6.17. The highest BCUT2D eigenvalue weighted by Gasteiger charge is 2.10. The second-order valence-corrected chi connectivity index (χ2v) is 6.55. The van der Waals surface area contributed by atoms with Gasteiger partial charge in [-0.3, -0.25) is 14.2 Å². The first-order chi connectivity index (χ1) is 11.9. The molecule has 0 bridgehead atoms. The summed E-state index contributed by atoms with van der Waals surface area (Å²) >= 11 is 5.12. The summed E-state index contributed by atoms with van der Waals surface area (Å²) in [7, 11) is 1.62. The first-order valence-electron chi connectivity index (χ1n) is 7.94. The molecule has 0 radical (unpaired) electrons. The van der Waals surface area contributed by atoms with Crippen molar-refractivity contribution >= 4 is 29.0 Å². The van der Waals surface area contributed by atoms with E-state index >= 15 is 0 Å². The molecule has 1 heterocycles. The Kier molecular flexibility index (Phi) is 4.55. The average molecular weight is 353 g/mol. The number of aromatic amines is 1. The number of aromatic nitrogens is 2. The number of aryl methyl sites for hydroxylation is 2. The van der Waals surface area contributed by atoms with Crippen LogP contribution in [-0.2, 0) is 13.6 Å². The fraction of sp³-hybridized carbons (Fsp3) is 0.211. The number of hydrogen-bond acceptors (Lipinski definition) is 3. The largest absolute Gasteiger partial charge is 0.348 e. The summed E-state index contributed by atoms with van der Waals surface area (Å²) in [6.07, 6.45) is 0. The van der Waals surface area contributed by atoms with Gasteiger partial charge in [-0.05, 0) is 55.4 Å². The lowest BCUT2D eigenvalue weighted by Crippen LogP contribution is -2.24. The maximum atomic E-state index is 12.4. The van der Waals surface area contributed by atoms with Gasteiger partial charge in [-0.25, -0.2) is 0 Å². The molecule has 0 aliphatic carbocycles. The second kappa shape index (κ2) is 6.64. The van der Waals surface area contributed by atoms with E-state index < -0.39 is 0 Å². The monoisotopic (exact) mass is 353 g/mol. The predicted octanol–water partition coefficient (Wildman–Crippen LogP) is 3.14. The van der Waals surface area contributed by atoms with Crippen LogP contribution in [-0.4, -0.2) is 15.5 Å². The highest BCUT2D eigenvalue weighted by atomic mass is 32.1. The molecule has 0 spiro atoms. The molecule has 3 rings (SSSR count). The Morgan fingerprint density at radius 2 is 1.96 bits per heavy atom. The molecule has 3 aromatic rings. The zero-order valence-electron chi connectivity index (χ0n) is 14.3. The van der Waals surface area contributed by atoms with Gasteiger partial charge in [0.1, 0.15) is 0 Å². The van der Waals surface area contributed by atoms with Crippen LogP contribution in [0.25, 0.3) is 10.9 Å². The van der Waals surface area contributed by atoms with Gasteiger partial charge in [0.05, 0.1) is 10.9 Å². The highest BCUT2D eigenvalue weighted by Crippen LogP contribution is 2.13. The minimum atomic E-state index is -0.193. The number of rotatable bonds is 3. The van der Waals surface area contributed by atoms with Gasteiger partial charge < -0.3 is 10.3 Å². The molecule has 2 N–H and O–H groups in total. The molecule has 6 heteroatoms. The van der Waals surface area contributed by atoms with Gasteiger partial charge in [0.2, 0.25) is 0 Å². The molecule has 0 aliphatic rings. The lowest BCUT2D eigenvalue weighted by Gasteiger charge is -2.10. The summed E-state index contributed by atoms with van der Waals surface area (Å²) in [4.78, 5) is 27.6. The summed E-state index contributed by atoms with van der Waals surface area (Å²) in [6, 6.07) is 11.1. The Hall–Kier alpha value is -2.73. The Morgan fingerprint density at radius 3 is 2.68 bits per heavy atom. The minimum Gasteiger partial charge on any atom is -0.348 e. The highest BCUT2D eigenvalue weighted by molar-refractivity contribution is 7.71. The van der Waals surface area contributed by atoms with Gasteiger partial charge in [0, 0.05) is 19.2 Å². The maximum absolute atomic E-state index is 12.4. The van der Waals surface area contributed by atoms with E-state index in [9.17, 15) is 9.59 Å². The number of nitrogens with zero attached hydrogens (tertiary/aromatic N) is 1. The summed E-state index contributed by atoms with van der Waals surface area (Å²) in [5.74, 6) is -0.193. The van der Waals surface area contributed by atoms with Crippen LogP contribution < -0.4 is 10.9 Å². The third-order valence-corrected chi connectivity index (χ3v) is 4.68. The Morgan fingerprint density at radius 1 is 1.20 bits per heavy atom. The van der Waals surface area contributed by atoms with Crippen molar-refractivity contribution in [3.63, 3.8) is 0 Å². The molecule has 0 aliphatic heterocycles. The van der Waals surface area contributed by atoms with Gasteiger partial charge in [0.25, 0.3) is 11.5 Å². The molecule has 1 amide bonds. The van der Waals surface area contributed by atoms with Gasteiger partial charge >= 0.3 is 0 Å². The van der Waals surface area contributed by atoms with Gasteiger partial charge in [-0.15, -0.1) is 0 Å². The van der Waals surface area contributed by atoms with Crippen LogP contribution in [0.15, 0.2) is 41.2 Å². The number of nitrogens with one attached hydrogen (secondary N) is 2. The standard InChI is InChI=1S/C19H19N3O2S/c1-11-4-5-14(12(2)8-11)10-20-17(23)13-6-7-15-16(9-13)21-19(25)22(3)18(15)24/h4-9H,10H2,1-3H3,(H,20,23)(H,21,25). The number of carbonyl (C=O) groups is 1. The normalized spacial score (nSPS) is 10.8. The summed E-state index contributed by atoms with van der Waals surface area (Å²) in [5.41, 5.74) is 4.28. The zero-order valence-corrected chi connectivity index (χ0v) is 15.2. The first kappa shape index (κ1) is 17.1. The van der Waals surface area contributed by atoms with Crippen molar-refractivity contribution in [3.05, 3.63) is 73.8 Å². The van der Waals surface area contributed by atoms with E-state index in [0.29, 0.717) is 27.8 Å². The summed E-state index contributed by atoms with van der Waals surface area (Å²) in [5, 5.41) is 3.42. The van der Waals surface area contributed by atoms with Crippen LogP contribution in [0.2, 0.25) is 0 Å². The number of fused-ring (bicyclic) bond motifs is 1. The van der Waals surface area contributed by atoms with Crippen molar-refractivity contribution < 1.29 is 4.79 Å². The van der Waals surface area contributed by atoms with Gasteiger partial charge in [-0.1, -0.05) is 23.8 Å². The molecule has 25 heavy (non-hydrogen) atoms. The quantitative estimate of drug-likeness (QED) is 0.711. The molecular weight excluding hydrogens is 334 g/mol. The Balaban J connectivity index is 1.86. The summed E-state index contributed by atoms with van der Waals surface area (Å²) < 4.78 is 1.70. The number of benzene rings is 2. The number of hydrogen-bond donors (Lipinski definition) is 2. The van der Waals surface area contributed by atoms with Crippen LogP contribution in [0.5, 0.6) is 0 Å². The number of carbonyl (C=O) groups excluding carboxylic acids is 1. The van der Waals surface area contributed by atoms with E-state index in [2.05, 4.69) is 16.4 Å². The SMILES string of the molecule is Cc1ccc(CNC(=O)c2ccc3c(=O)n(C)c(=S)[nH]c3c2)c(C)c1. The smallest absolute Gasteiger partial charge is 0.261 e. The molecular formula is C19H19N3O2S. The predicted molar refractivity (Wildman–Crippen MR) is 101 cm³/mol. The zero-order chi connectivity index (χ0) is 18.1. The van der Waals surface area contributed by atoms with E-state index in [-0.39, 0.29) is 11.5 Å². The molecule has 1 aromatic heterocycles. The van der Waals surface area contributed by atoms with E-state index in [1.54, 1.807) is 25.2 Å². The van der Waals surface area contributed by atoms with Crippen LogP contribution in [0.1, 0.15) is 27.0 Å². The van der Waals surface area contributed by atoms with E-state index in [4.69, 9.17) is 12.2 Å². The van der Waals surface area contributed by atoms with Crippen LogP contribution in [0.4, 0.5) is 0 Å². The number of H-pyrrole nitrogens is 1. The van der Waals surface area contributed by atoms with E-state index in [0.717, 1.165) is 11.1 Å². The molecule has 2 aromatic carbocycles. The minimum absolute atomic E-state index is 0.180. The van der Waals surface area contributed by atoms with Crippen molar-refractivity contribution in [1.82, 2.24) is 14.9 Å². The van der Waals surface area contributed by atoms with Gasteiger partial charge in [0.15, 0.2) is 4.77 Å². The van der Waals surface area contributed by atoms with Crippen molar-refractivity contribution in [2.45, 2.75) is 20.4 Å². The maximum Gasteiger partial charge on any atom is 0.261 e. The third kappa shape index (κ3) is 3.39. The van der Waals surface area contributed by atoms with Crippen molar-refractivity contribution in [1.29, 1.82) is 0 Å². The molecule has 0 atom stereocenters. The van der Waals surface area contributed by atoms with E-state index in [1.807, 2.05) is 26.0 Å². The average Bonchev–Trinajstić information content (AvgIpc) is 2.58. The summed E-state index contributed by atoms with van der Waals surface area (Å²) in [6.45, 7) is 4.52. The van der Waals surface area contributed by atoms with Crippen LogP contribution in [0, 0.1) is 18.6 Å². The van der Waals surface area contributed by atoms with E-state index in [1.165, 1.54) is 10.1 Å². The Labute approximate surface area is 150 Å². The molecule has 5 nitrogen and oxygen atoms in total. The molecule has 0 unspecified atom stereocenters. The Bertz CT molecular complexity index is 1100. The number of amides is 1.